The van der Waals surface area contributed by atoms with Gasteiger partial charge < -0.3 is 5.32 Å². The van der Waals surface area contributed by atoms with Gasteiger partial charge in [0.1, 0.15) is 0 Å². The predicted octanol–water partition coefficient (Wildman–Crippen LogP) is 1.01. The number of rotatable bonds is 5. The van der Waals surface area contributed by atoms with Gasteiger partial charge in [-0.2, -0.15) is 0 Å². The minimum Gasteiger partial charge on any atom is -0.355 e. The highest BCUT2D eigenvalue weighted by molar-refractivity contribution is 7.91. The van der Waals surface area contributed by atoms with Crippen LogP contribution in [-0.4, -0.2) is 56.9 Å². The Hall–Kier alpha value is -0.920. The number of hydrogen-bond acceptors (Lipinski definition) is 5. The van der Waals surface area contributed by atoms with E-state index in [1.807, 2.05) is 0 Å². The average molecular weight is 342 g/mol. The molecule has 1 N–H and O–H groups in total. The van der Waals surface area contributed by atoms with E-state index in [0.29, 0.717) is 25.6 Å². The Morgan fingerprint density at radius 1 is 1.36 bits per heavy atom. The number of amides is 1. The van der Waals surface area contributed by atoms with Gasteiger partial charge in [0.2, 0.25) is 5.91 Å². The number of nitrogens with one attached hydrogen (secondary N) is 1. The third kappa shape index (κ3) is 3.88. The second-order valence-electron chi connectivity index (χ2n) is 6.18. The van der Waals surface area contributed by atoms with Crippen LogP contribution in [0.15, 0.2) is 12.1 Å². The van der Waals surface area contributed by atoms with Crippen molar-refractivity contribution in [3.63, 3.8) is 0 Å². The minimum atomic E-state index is -2.82. The molecule has 1 amide bonds. The number of thiophene rings is 1. The molecule has 3 rings (SSSR count). The summed E-state index contributed by atoms with van der Waals surface area (Å²) < 4.78 is 22.7. The summed E-state index contributed by atoms with van der Waals surface area (Å²) >= 11 is 1.78. The molecular weight excluding hydrogens is 320 g/mol. The number of aryl methyl sites for hydroxylation is 1. The van der Waals surface area contributed by atoms with Crippen molar-refractivity contribution in [2.45, 2.75) is 19.3 Å². The van der Waals surface area contributed by atoms with Crippen molar-refractivity contribution < 1.29 is 13.2 Å². The maximum atomic E-state index is 12.1. The highest BCUT2D eigenvalue weighted by atomic mass is 32.2. The first-order valence-electron chi connectivity index (χ1n) is 7.71. The molecule has 2 aliphatic rings. The number of carbonyl (C=O) groups excluding carboxylic acids is 1. The van der Waals surface area contributed by atoms with Crippen LogP contribution in [0.1, 0.15) is 22.1 Å². The lowest BCUT2D eigenvalue weighted by Gasteiger charge is -2.26. The quantitative estimate of drug-likeness (QED) is 0.867. The number of hydrogen-bond donors (Lipinski definition) is 1. The molecule has 0 radical (unpaired) electrons. The van der Waals surface area contributed by atoms with Crippen LogP contribution in [0.2, 0.25) is 0 Å². The van der Waals surface area contributed by atoms with Crippen LogP contribution in [0.4, 0.5) is 0 Å². The molecule has 2 unspecified atom stereocenters. The van der Waals surface area contributed by atoms with E-state index in [2.05, 4.69) is 29.3 Å². The van der Waals surface area contributed by atoms with E-state index in [-0.39, 0.29) is 23.3 Å². The molecule has 7 heteroatoms. The van der Waals surface area contributed by atoms with Crippen LogP contribution in [-0.2, 0) is 14.6 Å². The van der Waals surface area contributed by atoms with E-state index in [1.165, 1.54) is 9.75 Å². The molecular formula is C15H22N2O3S2. The Bertz CT molecular complexity index is 639. The predicted molar refractivity (Wildman–Crippen MR) is 88.0 cm³/mol. The SMILES string of the molecule is Cc1ccc(C2CC2C(=O)NCCN2CCS(=O)(=O)CC2)s1. The van der Waals surface area contributed by atoms with Gasteiger partial charge in [-0.3, -0.25) is 9.69 Å². The van der Waals surface area contributed by atoms with E-state index in [1.54, 1.807) is 11.3 Å². The van der Waals surface area contributed by atoms with Crippen LogP contribution in [0.25, 0.3) is 0 Å². The van der Waals surface area contributed by atoms with Crippen LogP contribution in [0.5, 0.6) is 0 Å². The lowest BCUT2D eigenvalue weighted by atomic mass is 10.2. The molecule has 1 saturated carbocycles. The molecule has 0 spiro atoms. The zero-order valence-electron chi connectivity index (χ0n) is 12.7. The van der Waals surface area contributed by atoms with E-state index in [4.69, 9.17) is 0 Å². The zero-order chi connectivity index (χ0) is 15.7. The van der Waals surface area contributed by atoms with Gasteiger partial charge in [-0.1, -0.05) is 0 Å². The van der Waals surface area contributed by atoms with E-state index in [9.17, 15) is 13.2 Å². The van der Waals surface area contributed by atoms with Gasteiger partial charge in [-0.15, -0.1) is 11.3 Å². The minimum absolute atomic E-state index is 0.125. The Balaban J connectivity index is 1.37. The lowest BCUT2D eigenvalue weighted by molar-refractivity contribution is -0.122. The molecule has 1 aliphatic carbocycles. The maximum Gasteiger partial charge on any atom is 0.223 e. The summed E-state index contributed by atoms with van der Waals surface area (Å²) in [6.45, 7) is 4.59. The molecule has 0 bridgehead atoms. The monoisotopic (exact) mass is 342 g/mol. The molecule has 2 atom stereocenters. The van der Waals surface area contributed by atoms with E-state index >= 15 is 0 Å². The van der Waals surface area contributed by atoms with Gasteiger partial charge >= 0.3 is 0 Å². The Morgan fingerprint density at radius 2 is 2.09 bits per heavy atom. The highest BCUT2D eigenvalue weighted by Crippen LogP contribution is 2.49. The fraction of sp³-hybridized carbons (Fsp3) is 0.667. The molecule has 5 nitrogen and oxygen atoms in total. The van der Waals surface area contributed by atoms with Gasteiger partial charge in [-0.25, -0.2) is 8.42 Å². The second-order valence-corrected chi connectivity index (χ2v) is 9.80. The standard InChI is InChI=1S/C15H22N2O3S2/c1-11-2-3-14(21-11)12-10-13(12)15(18)16-4-5-17-6-8-22(19,20)9-7-17/h2-3,12-13H,4-10H2,1H3,(H,16,18). The highest BCUT2D eigenvalue weighted by Gasteiger charge is 2.44. The Kier molecular flexibility index (Phi) is 4.56. The molecule has 2 heterocycles. The topological polar surface area (TPSA) is 66.5 Å². The summed E-state index contributed by atoms with van der Waals surface area (Å²) in [7, 11) is -2.82. The first-order valence-corrected chi connectivity index (χ1v) is 10.4. The molecule has 0 aromatic carbocycles. The largest absolute Gasteiger partial charge is 0.355 e. The van der Waals surface area contributed by atoms with Crippen molar-refractivity contribution in [3.05, 3.63) is 21.9 Å². The van der Waals surface area contributed by atoms with Gasteiger partial charge in [0.05, 0.1) is 11.5 Å². The lowest BCUT2D eigenvalue weighted by Crippen LogP contribution is -2.44. The smallest absolute Gasteiger partial charge is 0.223 e. The first kappa shape index (κ1) is 16.0. The second kappa shape index (κ2) is 6.29. The maximum absolute atomic E-state index is 12.1. The van der Waals surface area contributed by atoms with Gasteiger partial charge in [0.15, 0.2) is 9.84 Å². The normalized spacial score (nSPS) is 27.5. The summed E-state index contributed by atoms with van der Waals surface area (Å²) in [6, 6.07) is 4.24. The summed E-state index contributed by atoms with van der Waals surface area (Å²) in [6.07, 6.45) is 0.952. The fourth-order valence-corrected chi connectivity index (χ4v) is 5.23. The van der Waals surface area contributed by atoms with E-state index in [0.717, 1.165) is 13.0 Å². The van der Waals surface area contributed by atoms with Gasteiger partial charge in [0.25, 0.3) is 0 Å². The van der Waals surface area contributed by atoms with Crippen LogP contribution in [0.3, 0.4) is 0 Å². The van der Waals surface area contributed by atoms with Crippen LogP contribution in [0, 0.1) is 12.8 Å². The summed E-state index contributed by atoms with van der Waals surface area (Å²) in [5, 5.41) is 2.99. The van der Waals surface area contributed by atoms with Crippen molar-refractivity contribution in [3.8, 4) is 0 Å². The number of nitrogens with zero attached hydrogens (tertiary/aromatic N) is 1. The van der Waals surface area contributed by atoms with Gasteiger partial charge in [-0.05, 0) is 25.5 Å². The third-order valence-electron chi connectivity index (χ3n) is 4.42. The summed E-state index contributed by atoms with van der Waals surface area (Å²) in [5.41, 5.74) is 0. The van der Waals surface area contributed by atoms with E-state index < -0.39 is 9.84 Å². The molecule has 1 aliphatic heterocycles. The van der Waals surface area contributed by atoms with Gasteiger partial charge in [0, 0.05) is 47.8 Å². The molecule has 1 aromatic rings. The Labute approximate surface area is 135 Å². The van der Waals surface area contributed by atoms with Crippen molar-refractivity contribution in [2.75, 3.05) is 37.7 Å². The molecule has 122 valence electrons. The Morgan fingerprint density at radius 3 is 2.73 bits per heavy atom. The van der Waals surface area contributed by atoms with Crippen LogP contribution >= 0.6 is 11.3 Å². The molecule has 2 fully saturated rings. The van der Waals surface area contributed by atoms with Crippen molar-refractivity contribution in [1.82, 2.24) is 10.2 Å². The van der Waals surface area contributed by atoms with Crippen LogP contribution < -0.4 is 5.32 Å². The number of sulfone groups is 1. The molecule has 22 heavy (non-hydrogen) atoms. The summed E-state index contributed by atoms with van der Waals surface area (Å²) in [5.74, 6) is 1.14. The van der Waals surface area contributed by atoms with Crippen molar-refractivity contribution >= 4 is 27.1 Å². The molecule has 1 aromatic heterocycles. The average Bonchev–Trinajstić information content (AvgIpc) is 3.16. The van der Waals surface area contributed by atoms with Crippen molar-refractivity contribution in [1.29, 1.82) is 0 Å². The molecule has 1 saturated heterocycles. The zero-order valence-corrected chi connectivity index (χ0v) is 14.4. The number of carbonyl (C=O) groups is 1. The summed E-state index contributed by atoms with van der Waals surface area (Å²) in [4.78, 5) is 16.8. The van der Waals surface area contributed by atoms with Crippen molar-refractivity contribution in [2.24, 2.45) is 5.92 Å². The third-order valence-corrected chi connectivity index (χ3v) is 7.16. The fourth-order valence-electron chi connectivity index (χ4n) is 2.89. The first-order chi connectivity index (χ1) is 10.4.